The van der Waals surface area contributed by atoms with Crippen LogP contribution in [0.1, 0.15) is 20.8 Å². The third-order valence-corrected chi connectivity index (χ3v) is 2.75. The van der Waals surface area contributed by atoms with E-state index in [1.807, 2.05) is 13.8 Å². The number of methoxy groups -OCH3 is 1. The Morgan fingerprint density at radius 2 is 1.95 bits per heavy atom. The maximum Gasteiger partial charge on any atom is 0.238 e. The number of anilines is 1. The van der Waals surface area contributed by atoms with E-state index in [0.717, 1.165) is 0 Å². The van der Waals surface area contributed by atoms with E-state index in [0.29, 0.717) is 11.4 Å². The fourth-order valence-electron chi connectivity index (χ4n) is 1.65. The second-order valence-corrected chi connectivity index (χ2v) is 5.05. The van der Waals surface area contributed by atoms with Gasteiger partial charge in [-0.2, -0.15) is 0 Å². The molecule has 0 aliphatic rings. The van der Waals surface area contributed by atoms with Crippen molar-refractivity contribution in [3.05, 3.63) is 24.3 Å². The lowest BCUT2D eigenvalue weighted by Crippen LogP contribution is -2.46. The maximum absolute atomic E-state index is 11.8. The van der Waals surface area contributed by atoms with Crippen molar-refractivity contribution < 1.29 is 14.3 Å². The minimum atomic E-state index is -0.427. The quantitative estimate of drug-likeness (QED) is 0.704. The van der Waals surface area contributed by atoms with Crippen LogP contribution >= 0.6 is 0 Å². The Morgan fingerprint density at radius 1 is 1.24 bits per heavy atom. The van der Waals surface area contributed by atoms with Crippen molar-refractivity contribution >= 4 is 17.5 Å². The van der Waals surface area contributed by atoms with Gasteiger partial charge in [0.1, 0.15) is 5.75 Å². The molecule has 0 bridgehead atoms. The topological polar surface area (TPSA) is 79.5 Å². The average molecular weight is 293 g/mol. The van der Waals surface area contributed by atoms with Crippen molar-refractivity contribution in [3.63, 3.8) is 0 Å². The molecule has 2 amide bonds. The molecule has 0 fully saturated rings. The molecular weight excluding hydrogens is 270 g/mol. The molecule has 6 heteroatoms. The third kappa shape index (κ3) is 6.27. The summed E-state index contributed by atoms with van der Waals surface area (Å²) in [6, 6.07) is 6.74. The Balaban J connectivity index is 2.41. The number of nitrogens with one attached hydrogen (secondary N) is 3. The van der Waals surface area contributed by atoms with Crippen molar-refractivity contribution in [2.45, 2.75) is 32.9 Å². The molecule has 0 aliphatic carbocycles. The fourth-order valence-corrected chi connectivity index (χ4v) is 1.65. The number of ether oxygens (including phenoxy) is 1. The van der Waals surface area contributed by atoms with E-state index in [2.05, 4.69) is 16.0 Å². The summed E-state index contributed by atoms with van der Waals surface area (Å²) in [5.41, 5.74) is 0.653. The van der Waals surface area contributed by atoms with Gasteiger partial charge in [-0.3, -0.25) is 14.9 Å². The first kappa shape index (κ1) is 17.0. The minimum Gasteiger partial charge on any atom is -0.497 e. The lowest BCUT2D eigenvalue weighted by molar-refractivity contribution is -0.123. The Labute approximate surface area is 125 Å². The molecule has 1 unspecified atom stereocenters. The summed E-state index contributed by atoms with van der Waals surface area (Å²) in [5, 5.41) is 8.40. The van der Waals surface area contributed by atoms with Crippen molar-refractivity contribution in [2.75, 3.05) is 19.0 Å². The number of carbonyl (C=O) groups excluding carboxylic acids is 2. The van der Waals surface area contributed by atoms with Gasteiger partial charge in [-0.05, 0) is 32.9 Å². The van der Waals surface area contributed by atoms with Crippen LogP contribution in [0.25, 0.3) is 0 Å². The SMILES string of the molecule is COc1cccc(NC(=O)CNC(C)C(=O)NC(C)C)c1. The third-order valence-electron chi connectivity index (χ3n) is 2.75. The predicted molar refractivity (Wildman–Crippen MR) is 82.4 cm³/mol. The summed E-state index contributed by atoms with van der Waals surface area (Å²) in [6.07, 6.45) is 0. The van der Waals surface area contributed by atoms with Crippen LogP contribution in [-0.4, -0.2) is 37.6 Å². The second-order valence-electron chi connectivity index (χ2n) is 5.05. The Morgan fingerprint density at radius 3 is 2.57 bits per heavy atom. The van der Waals surface area contributed by atoms with Gasteiger partial charge >= 0.3 is 0 Å². The zero-order valence-electron chi connectivity index (χ0n) is 12.9. The molecular formula is C15H23N3O3. The van der Waals surface area contributed by atoms with Crippen molar-refractivity contribution in [1.29, 1.82) is 0 Å². The highest BCUT2D eigenvalue weighted by atomic mass is 16.5. The Kier molecular flexibility index (Phi) is 6.68. The first-order chi connectivity index (χ1) is 9.92. The standard InChI is InChI=1S/C15H23N3O3/c1-10(2)17-15(20)11(3)16-9-14(19)18-12-6-5-7-13(8-12)21-4/h5-8,10-11,16H,9H2,1-4H3,(H,17,20)(H,18,19). The highest BCUT2D eigenvalue weighted by Crippen LogP contribution is 2.16. The first-order valence-corrected chi connectivity index (χ1v) is 6.90. The molecule has 116 valence electrons. The van der Waals surface area contributed by atoms with Gasteiger partial charge in [0.2, 0.25) is 11.8 Å². The van der Waals surface area contributed by atoms with Crippen LogP contribution in [0.15, 0.2) is 24.3 Å². The van der Waals surface area contributed by atoms with E-state index in [9.17, 15) is 9.59 Å². The minimum absolute atomic E-state index is 0.0594. The lowest BCUT2D eigenvalue weighted by Gasteiger charge is -2.15. The van der Waals surface area contributed by atoms with Crippen LogP contribution in [-0.2, 0) is 9.59 Å². The maximum atomic E-state index is 11.8. The van der Waals surface area contributed by atoms with Crippen LogP contribution < -0.4 is 20.7 Å². The summed E-state index contributed by atoms with van der Waals surface area (Å²) < 4.78 is 5.08. The molecule has 1 aromatic carbocycles. The molecule has 3 N–H and O–H groups in total. The highest BCUT2D eigenvalue weighted by Gasteiger charge is 2.14. The van der Waals surface area contributed by atoms with Crippen LogP contribution in [0, 0.1) is 0 Å². The molecule has 0 spiro atoms. The first-order valence-electron chi connectivity index (χ1n) is 6.90. The molecule has 1 atom stereocenters. The molecule has 21 heavy (non-hydrogen) atoms. The fraction of sp³-hybridized carbons (Fsp3) is 0.467. The molecule has 0 saturated carbocycles. The summed E-state index contributed by atoms with van der Waals surface area (Å²) in [7, 11) is 1.57. The summed E-state index contributed by atoms with van der Waals surface area (Å²) in [4.78, 5) is 23.5. The predicted octanol–water partition coefficient (Wildman–Crippen LogP) is 1.14. The number of hydrogen-bond donors (Lipinski definition) is 3. The number of hydrogen-bond acceptors (Lipinski definition) is 4. The normalized spacial score (nSPS) is 11.9. The number of rotatable bonds is 7. The smallest absolute Gasteiger partial charge is 0.238 e. The summed E-state index contributed by atoms with van der Waals surface area (Å²) in [6.45, 7) is 5.56. The van der Waals surface area contributed by atoms with Gasteiger partial charge in [0.25, 0.3) is 0 Å². The number of carbonyl (C=O) groups is 2. The van der Waals surface area contributed by atoms with E-state index in [1.165, 1.54) is 0 Å². The molecule has 6 nitrogen and oxygen atoms in total. The Bertz CT molecular complexity index is 489. The highest BCUT2D eigenvalue weighted by molar-refractivity contribution is 5.93. The largest absolute Gasteiger partial charge is 0.497 e. The molecule has 1 aromatic rings. The molecule has 0 radical (unpaired) electrons. The summed E-state index contributed by atoms with van der Waals surface area (Å²) in [5.74, 6) is 0.331. The zero-order chi connectivity index (χ0) is 15.8. The Hall–Kier alpha value is -2.08. The molecule has 0 saturated heterocycles. The van der Waals surface area contributed by atoms with Crippen LogP contribution in [0.3, 0.4) is 0 Å². The van der Waals surface area contributed by atoms with Gasteiger partial charge in [0.15, 0.2) is 0 Å². The molecule has 0 aliphatic heterocycles. The van der Waals surface area contributed by atoms with E-state index in [-0.39, 0.29) is 24.4 Å². The van der Waals surface area contributed by atoms with Crippen LogP contribution in [0.5, 0.6) is 5.75 Å². The molecule has 1 rings (SSSR count). The van der Waals surface area contributed by atoms with E-state index < -0.39 is 6.04 Å². The van der Waals surface area contributed by atoms with E-state index >= 15 is 0 Å². The van der Waals surface area contributed by atoms with Gasteiger partial charge in [-0.25, -0.2) is 0 Å². The van der Waals surface area contributed by atoms with Crippen LogP contribution in [0.4, 0.5) is 5.69 Å². The van der Waals surface area contributed by atoms with Gasteiger partial charge in [-0.1, -0.05) is 6.07 Å². The van der Waals surface area contributed by atoms with Gasteiger partial charge in [0.05, 0.1) is 19.7 Å². The lowest BCUT2D eigenvalue weighted by atomic mass is 10.2. The van der Waals surface area contributed by atoms with Crippen molar-refractivity contribution in [3.8, 4) is 5.75 Å². The molecule has 0 heterocycles. The van der Waals surface area contributed by atoms with Gasteiger partial charge in [-0.15, -0.1) is 0 Å². The average Bonchev–Trinajstić information content (AvgIpc) is 2.44. The van der Waals surface area contributed by atoms with E-state index in [4.69, 9.17) is 4.74 Å². The van der Waals surface area contributed by atoms with E-state index in [1.54, 1.807) is 38.3 Å². The number of amides is 2. The number of benzene rings is 1. The van der Waals surface area contributed by atoms with Gasteiger partial charge in [0, 0.05) is 17.8 Å². The van der Waals surface area contributed by atoms with Crippen LogP contribution in [0.2, 0.25) is 0 Å². The van der Waals surface area contributed by atoms with Crippen molar-refractivity contribution in [2.24, 2.45) is 0 Å². The monoisotopic (exact) mass is 293 g/mol. The van der Waals surface area contributed by atoms with Crippen molar-refractivity contribution in [1.82, 2.24) is 10.6 Å². The second kappa shape index (κ2) is 8.26. The molecule has 0 aromatic heterocycles. The summed E-state index contributed by atoms with van der Waals surface area (Å²) >= 11 is 0. The van der Waals surface area contributed by atoms with Gasteiger partial charge < -0.3 is 15.4 Å². The zero-order valence-corrected chi connectivity index (χ0v) is 12.9.